The van der Waals surface area contributed by atoms with Crippen molar-refractivity contribution in [2.75, 3.05) is 11.4 Å². The first-order valence-electron chi connectivity index (χ1n) is 4.90. The minimum atomic E-state index is -0.915. The van der Waals surface area contributed by atoms with Crippen LogP contribution in [0.1, 0.15) is 12.5 Å². The number of thioether (sulfide) groups is 1. The Morgan fingerprint density at radius 1 is 1.44 bits per heavy atom. The smallest absolute Gasteiger partial charge is 0.369 e. The highest BCUT2D eigenvalue weighted by atomic mass is 32.2. The van der Waals surface area contributed by atoms with Gasteiger partial charge in [-0.2, -0.15) is 0 Å². The lowest BCUT2D eigenvalue weighted by molar-refractivity contribution is -0.116. The van der Waals surface area contributed by atoms with Crippen molar-refractivity contribution < 1.29 is 14.7 Å². The number of carbonyl (C=O) groups is 2. The van der Waals surface area contributed by atoms with Crippen LogP contribution in [0.4, 0.5) is 10.5 Å². The van der Waals surface area contributed by atoms with E-state index in [1.807, 2.05) is 12.1 Å². The molecule has 0 unspecified atom stereocenters. The summed E-state index contributed by atoms with van der Waals surface area (Å²) in [5.74, 6) is 0.0254. The molecule has 1 aromatic rings. The zero-order valence-corrected chi connectivity index (χ0v) is 9.58. The number of carbonyl (C=O) groups excluding carboxylic acids is 1. The van der Waals surface area contributed by atoms with Crippen LogP contribution in [0.25, 0.3) is 0 Å². The first-order valence-corrected chi connectivity index (χ1v) is 5.71. The van der Waals surface area contributed by atoms with Crippen molar-refractivity contribution in [2.24, 2.45) is 0 Å². The molecule has 0 aromatic heterocycles. The lowest BCUT2D eigenvalue weighted by Gasteiger charge is -2.14. The number of rotatable bonds is 1. The van der Waals surface area contributed by atoms with Crippen LogP contribution in [-0.4, -0.2) is 22.9 Å². The van der Waals surface area contributed by atoms with E-state index in [0.717, 1.165) is 29.4 Å². The molecule has 0 atom stereocenters. The molecule has 84 valence electrons. The molecule has 0 fully saturated rings. The van der Waals surface area contributed by atoms with Gasteiger partial charge in [-0.3, -0.25) is 4.79 Å². The van der Waals surface area contributed by atoms with Crippen LogP contribution in [0, 0.1) is 0 Å². The molecule has 0 saturated heterocycles. The van der Waals surface area contributed by atoms with E-state index < -0.39 is 5.30 Å². The second-order valence-corrected chi connectivity index (χ2v) is 4.60. The Morgan fingerprint density at radius 3 is 2.81 bits per heavy atom. The number of fused-ring (bicyclic) bond motifs is 1. The van der Waals surface area contributed by atoms with Crippen LogP contribution in [0.15, 0.2) is 23.1 Å². The van der Waals surface area contributed by atoms with E-state index in [2.05, 4.69) is 0 Å². The van der Waals surface area contributed by atoms with Crippen molar-refractivity contribution in [3.05, 3.63) is 23.8 Å². The number of amides is 1. The molecule has 4 nitrogen and oxygen atoms in total. The van der Waals surface area contributed by atoms with Crippen LogP contribution >= 0.6 is 11.8 Å². The largest absolute Gasteiger partial charge is 0.473 e. The summed E-state index contributed by atoms with van der Waals surface area (Å²) in [7, 11) is 0. The van der Waals surface area contributed by atoms with E-state index >= 15 is 0 Å². The minimum absolute atomic E-state index is 0.0254. The van der Waals surface area contributed by atoms with E-state index in [0.29, 0.717) is 11.4 Å². The lowest BCUT2D eigenvalue weighted by Crippen LogP contribution is -2.25. The second-order valence-electron chi connectivity index (χ2n) is 3.58. The first-order chi connectivity index (χ1) is 7.58. The highest BCUT2D eigenvalue weighted by molar-refractivity contribution is 8.13. The second kappa shape index (κ2) is 4.17. The molecule has 1 N–H and O–H groups in total. The molecular weight excluding hydrogens is 226 g/mol. The number of benzene rings is 1. The zero-order chi connectivity index (χ0) is 11.7. The topological polar surface area (TPSA) is 57.6 Å². The van der Waals surface area contributed by atoms with Gasteiger partial charge in [0.2, 0.25) is 5.91 Å². The number of nitrogens with zero attached hydrogens (tertiary/aromatic N) is 1. The summed E-state index contributed by atoms with van der Waals surface area (Å²) in [5.41, 5.74) is 1.95. The predicted octanol–water partition coefficient (Wildman–Crippen LogP) is 2.37. The van der Waals surface area contributed by atoms with Crippen molar-refractivity contribution in [1.82, 2.24) is 0 Å². The summed E-state index contributed by atoms with van der Waals surface area (Å²) in [6.45, 7) is 2.22. The van der Waals surface area contributed by atoms with Gasteiger partial charge in [-0.15, -0.1) is 0 Å². The van der Waals surface area contributed by atoms with Crippen LogP contribution in [-0.2, 0) is 11.2 Å². The van der Waals surface area contributed by atoms with Gasteiger partial charge >= 0.3 is 5.30 Å². The van der Waals surface area contributed by atoms with Gasteiger partial charge in [-0.05, 0) is 41.9 Å². The van der Waals surface area contributed by atoms with E-state index in [9.17, 15) is 9.59 Å². The summed E-state index contributed by atoms with van der Waals surface area (Å²) >= 11 is 0.787. The third-order valence-electron chi connectivity index (χ3n) is 2.53. The highest BCUT2D eigenvalue weighted by Gasteiger charge is 2.22. The van der Waals surface area contributed by atoms with Crippen LogP contribution in [0.5, 0.6) is 0 Å². The summed E-state index contributed by atoms with van der Waals surface area (Å²) in [6, 6.07) is 5.39. The highest BCUT2D eigenvalue weighted by Crippen LogP contribution is 2.32. The summed E-state index contributed by atoms with van der Waals surface area (Å²) < 4.78 is 0. The molecule has 1 heterocycles. The molecule has 0 spiro atoms. The Balaban J connectivity index is 2.29. The first kappa shape index (κ1) is 11.0. The van der Waals surface area contributed by atoms with Crippen molar-refractivity contribution in [1.29, 1.82) is 0 Å². The third kappa shape index (κ3) is 2.04. The van der Waals surface area contributed by atoms with Gasteiger partial charge in [0.25, 0.3) is 0 Å². The SMILES string of the molecule is CC(=O)N1CCc2cc(SC(=O)O)ccc21. The summed E-state index contributed by atoms with van der Waals surface area (Å²) in [5, 5.41) is 7.74. The van der Waals surface area contributed by atoms with Crippen molar-refractivity contribution in [3.63, 3.8) is 0 Å². The quantitative estimate of drug-likeness (QED) is 0.762. The molecule has 1 aromatic carbocycles. The Morgan fingerprint density at radius 2 is 2.19 bits per heavy atom. The normalized spacial score (nSPS) is 13.7. The molecule has 0 bridgehead atoms. The maximum Gasteiger partial charge on any atom is 0.369 e. The number of anilines is 1. The molecule has 1 aliphatic rings. The van der Waals surface area contributed by atoms with E-state index in [4.69, 9.17) is 5.11 Å². The van der Waals surface area contributed by atoms with Gasteiger partial charge in [-0.25, -0.2) is 4.79 Å². The third-order valence-corrected chi connectivity index (χ3v) is 3.20. The van der Waals surface area contributed by atoms with Crippen molar-refractivity contribution in [2.45, 2.75) is 18.2 Å². The monoisotopic (exact) mass is 237 g/mol. The molecule has 16 heavy (non-hydrogen) atoms. The van der Waals surface area contributed by atoms with E-state index in [1.165, 1.54) is 6.92 Å². The molecule has 0 aliphatic carbocycles. The summed E-state index contributed by atoms with van der Waals surface area (Å²) in [4.78, 5) is 24.3. The summed E-state index contributed by atoms with van der Waals surface area (Å²) in [6.07, 6.45) is 0.795. The van der Waals surface area contributed by atoms with Crippen molar-refractivity contribution in [3.8, 4) is 0 Å². The lowest BCUT2D eigenvalue weighted by atomic mass is 10.2. The van der Waals surface area contributed by atoms with Gasteiger partial charge in [0, 0.05) is 24.1 Å². The maximum absolute atomic E-state index is 11.3. The fraction of sp³-hybridized carbons (Fsp3) is 0.273. The van der Waals surface area contributed by atoms with Gasteiger partial charge in [-0.1, -0.05) is 0 Å². The number of carboxylic acid groups (broad SMARTS) is 1. The average Bonchev–Trinajstić information content (AvgIpc) is 2.59. The molecule has 0 saturated carbocycles. The van der Waals surface area contributed by atoms with Crippen LogP contribution < -0.4 is 4.90 Å². The van der Waals surface area contributed by atoms with Gasteiger partial charge in [0.1, 0.15) is 0 Å². The van der Waals surface area contributed by atoms with Crippen LogP contribution in [0.3, 0.4) is 0 Å². The van der Waals surface area contributed by atoms with Gasteiger partial charge in [0.15, 0.2) is 0 Å². The van der Waals surface area contributed by atoms with Crippen LogP contribution in [0.2, 0.25) is 0 Å². The molecule has 5 heteroatoms. The fourth-order valence-corrected chi connectivity index (χ4v) is 2.41. The van der Waals surface area contributed by atoms with E-state index in [-0.39, 0.29) is 5.91 Å². The fourth-order valence-electron chi connectivity index (χ4n) is 1.87. The van der Waals surface area contributed by atoms with Gasteiger partial charge < -0.3 is 10.0 Å². The van der Waals surface area contributed by atoms with Crippen molar-refractivity contribution >= 4 is 28.7 Å². The molecular formula is C11H11NO3S. The molecule has 1 aliphatic heterocycles. The standard InChI is InChI=1S/C11H11NO3S/c1-7(13)12-5-4-8-6-9(16-11(14)15)2-3-10(8)12/h2-3,6H,4-5H2,1H3,(H,14,15). The molecule has 1 amide bonds. The van der Waals surface area contributed by atoms with Gasteiger partial charge in [0.05, 0.1) is 0 Å². The molecule has 0 radical (unpaired) electrons. The maximum atomic E-state index is 11.3. The Hall–Kier alpha value is -1.49. The zero-order valence-electron chi connectivity index (χ0n) is 8.77. The Kier molecular flexibility index (Phi) is 2.87. The van der Waals surface area contributed by atoms with E-state index in [1.54, 1.807) is 11.0 Å². The number of hydrogen-bond donors (Lipinski definition) is 1. The average molecular weight is 237 g/mol. The predicted molar refractivity (Wildman–Crippen MR) is 62.1 cm³/mol. The molecule has 2 rings (SSSR count). The Labute approximate surface area is 97.3 Å². The number of hydrogen-bond acceptors (Lipinski definition) is 3. The minimum Gasteiger partial charge on any atom is -0.473 e. The Bertz CT molecular complexity index is 459.